The summed E-state index contributed by atoms with van der Waals surface area (Å²) < 4.78 is 78.0. The van der Waals surface area contributed by atoms with Crippen molar-refractivity contribution in [2.45, 2.75) is 31.0 Å². The van der Waals surface area contributed by atoms with Crippen LogP contribution in [0.3, 0.4) is 0 Å². The summed E-state index contributed by atoms with van der Waals surface area (Å²) >= 11 is 5.83. The van der Waals surface area contributed by atoms with E-state index in [0.717, 1.165) is 19.1 Å². The fraction of sp³-hybridized carbons (Fsp3) is 0.250. The molecule has 0 fully saturated rings. The Morgan fingerprint density at radius 1 is 1.07 bits per heavy atom. The summed E-state index contributed by atoms with van der Waals surface area (Å²) in [5.74, 6) is -2.73. The van der Waals surface area contributed by atoms with Gasteiger partial charge in [-0.3, -0.25) is 4.79 Å². The van der Waals surface area contributed by atoms with Crippen molar-refractivity contribution in [1.29, 1.82) is 0 Å². The molecule has 1 unspecified atom stereocenters. The van der Waals surface area contributed by atoms with E-state index in [1.807, 2.05) is 0 Å². The third-order valence-electron chi connectivity index (χ3n) is 3.81. The van der Waals surface area contributed by atoms with E-state index in [4.69, 9.17) is 21.1 Å². The molecule has 0 N–H and O–H groups in total. The van der Waals surface area contributed by atoms with Gasteiger partial charge in [-0.25, -0.2) is 8.42 Å². The van der Waals surface area contributed by atoms with Crippen LogP contribution in [-0.4, -0.2) is 27.2 Å². The summed E-state index contributed by atoms with van der Waals surface area (Å²) in [6.07, 6.45) is -7.08. The number of rotatable bonds is 7. The van der Waals surface area contributed by atoms with Crippen LogP contribution < -0.4 is 0 Å². The molecule has 10 heteroatoms. The topological polar surface area (TPSA) is 69.7 Å². The van der Waals surface area contributed by atoms with Crippen molar-refractivity contribution in [1.82, 2.24) is 0 Å². The van der Waals surface area contributed by atoms with Crippen molar-refractivity contribution < 1.29 is 35.9 Å². The minimum absolute atomic E-state index is 0.0226. The molecule has 0 aliphatic rings. The lowest BCUT2D eigenvalue weighted by atomic mass is 10.1. The second-order valence-corrected chi connectivity index (χ2v) is 8.34. The number of hydrogen-bond donors (Lipinski definition) is 0. The van der Waals surface area contributed by atoms with E-state index in [1.165, 1.54) is 49.4 Å². The Bertz CT molecular complexity index is 1020. The van der Waals surface area contributed by atoms with E-state index < -0.39 is 50.3 Å². The molecule has 2 aromatic rings. The molecule has 2 rings (SSSR count). The average molecular weight is 463 g/mol. The van der Waals surface area contributed by atoms with E-state index in [-0.39, 0.29) is 10.6 Å². The first-order chi connectivity index (χ1) is 14.0. The molecular formula is C20H18ClF3O5S. The molecule has 0 saturated carbocycles. The number of benzene rings is 2. The van der Waals surface area contributed by atoms with E-state index in [2.05, 4.69) is 0 Å². The molecule has 30 heavy (non-hydrogen) atoms. The van der Waals surface area contributed by atoms with Crippen molar-refractivity contribution in [2.24, 2.45) is 0 Å². The van der Waals surface area contributed by atoms with Gasteiger partial charge in [0.15, 0.2) is 6.10 Å². The second-order valence-electron chi connectivity index (χ2n) is 5.98. The molecule has 0 aliphatic carbocycles. The lowest BCUT2D eigenvalue weighted by molar-refractivity contribution is -0.147. The highest BCUT2D eigenvalue weighted by Gasteiger charge is 2.46. The van der Waals surface area contributed by atoms with Gasteiger partial charge in [-0.05, 0) is 36.8 Å². The normalized spacial score (nSPS) is 13.9. The van der Waals surface area contributed by atoms with E-state index in [1.54, 1.807) is 0 Å². The zero-order valence-corrected chi connectivity index (χ0v) is 17.5. The van der Waals surface area contributed by atoms with Gasteiger partial charge in [-0.1, -0.05) is 41.9 Å². The van der Waals surface area contributed by atoms with Gasteiger partial charge in [0.25, 0.3) is 0 Å². The fourth-order valence-electron chi connectivity index (χ4n) is 2.62. The molecule has 0 radical (unpaired) electrons. The molecule has 5 nitrogen and oxygen atoms in total. The lowest BCUT2D eigenvalue weighted by Gasteiger charge is -2.25. The number of halogens is 4. The number of allylic oxidation sites excluding steroid dienone is 1. The highest BCUT2D eigenvalue weighted by atomic mass is 35.5. The first-order valence-corrected chi connectivity index (χ1v) is 10.5. The van der Waals surface area contributed by atoms with Gasteiger partial charge in [0.05, 0.1) is 11.5 Å². The largest absolute Gasteiger partial charge is 0.488 e. The summed E-state index contributed by atoms with van der Waals surface area (Å²) in [5, 5.41) is 0.262. The van der Waals surface area contributed by atoms with Crippen molar-refractivity contribution in [3.8, 4) is 0 Å². The molecule has 2 aromatic carbocycles. The van der Waals surface area contributed by atoms with Gasteiger partial charge < -0.3 is 9.47 Å². The van der Waals surface area contributed by atoms with Crippen molar-refractivity contribution in [2.75, 3.05) is 6.61 Å². The van der Waals surface area contributed by atoms with Crippen molar-refractivity contribution >= 4 is 27.4 Å². The Kier molecular flexibility index (Phi) is 7.54. The Balaban J connectivity index is 2.90. The Morgan fingerprint density at radius 3 is 2.10 bits per heavy atom. The number of alkyl halides is 3. The summed E-state index contributed by atoms with van der Waals surface area (Å²) in [6, 6.07) is 11.8. The van der Waals surface area contributed by atoms with Crippen LogP contribution in [0.2, 0.25) is 5.02 Å². The Hall–Kier alpha value is -2.52. The summed E-state index contributed by atoms with van der Waals surface area (Å²) in [6.45, 7) is 1.78. The molecule has 0 saturated heterocycles. The standard InChI is InChI=1S/C20H18ClF3O5S/c1-3-28-19(20(22,23)24)18(30(26,27)16-7-5-4-6-8-16)17(29-13(2)25)14-9-11-15(21)12-10-14/h4-12,17H,3H2,1-2H3/b19-18+. The van der Waals surface area contributed by atoms with E-state index in [9.17, 15) is 26.4 Å². The molecule has 0 aromatic heterocycles. The van der Waals surface area contributed by atoms with E-state index >= 15 is 0 Å². The van der Waals surface area contributed by atoms with Crippen LogP contribution in [-0.2, 0) is 24.1 Å². The van der Waals surface area contributed by atoms with Crippen LogP contribution in [0.25, 0.3) is 0 Å². The number of esters is 1. The van der Waals surface area contributed by atoms with Crippen LogP contribution in [0, 0.1) is 0 Å². The first kappa shape index (κ1) is 23.8. The Labute approximate surface area is 177 Å². The third-order valence-corrected chi connectivity index (χ3v) is 5.93. The minimum Gasteiger partial charge on any atom is -0.488 e. The van der Waals surface area contributed by atoms with Crippen LogP contribution in [0.5, 0.6) is 0 Å². The molecule has 0 heterocycles. The molecule has 0 amide bonds. The van der Waals surface area contributed by atoms with Gasteiger partial charge in [-0.15, -0.1) is 0 Å². The zero-order chi connectivity index (χ0) is 22.5. The predicted octanol–water partition coefficient (Wildman–Crippen LogP) is 5.23. The predicted molar refractivity (Wildman–Crippen MR) is 104 cm³/mol. The second kappa shape index (κ2) is 9.53. The Morgan fingerprint density at radius 2 is 1.63 bits per heavy atom. The summed E-state index contributed by atoms with van der Waals surface area (Å²) in [7, 11) is -4.78. The van der Waals surface area contributed by atoms with Crippen LogP contribution in [0.4, 0.5) is 13.2 Å². The fourth-order valence-corrected chi connectivity index (χ4v) is 4.40. The van der Waals surface area contributed by atoms with Gasteiger partial charge >= 0.3 is 12.1 Å². The highest BCUT2D eigenvalue weighted by molar-refractivity contribution is 7.95. The van der Waals surface area contributed by atoms with Crippen LogP contribution in [0.15, 0.2) is 70.2 Å². The maximum absolute atomic E-state index is 13.9. The summed E-state index contributed by atoms with van der Waals surface area (Å²) in [4.78, 5) is 10.1. The third kappa shape index (κ3) is 5.54. The molecule has 162 valence electrons. The maximum Gasteiger partial charge on any atom is 0.450 e. The molecule has 0 aliphatic heterocycles. The zero-order valence-electron chi connectivity index (χ0n) is 15.9. The monoisotopic (exact) mass is 462 g/mol. The van der Waals surface area contributed by atoms with Crippen molar-refractivity contribution in [3.63, 3.8) is 0 Å². The SMILES string of the molecule is CCO/C(=C(\C(OC(C)=O)c1ccc(Cl)cc1)S(=O)(=O)c1ccccc1)C(F)(F)F. The number of ether oxygens (including phenoxy) is 2. The van der Waals surface area contributed by atoms with Crippen LogP contribution in [0.1, 0.15) is 25.5 Å². The quantitative estimate of drug-likeness (QED) is 0.416. The number of carbonyl (C=O) groups excluding carboxylic acids is 1. The molecule has 0 bridgehead atoms. The minimum atomic E-state index is -5.17. The molecule has 1 atom stereocenters. The molecule has 0 spiro atoms. The number of sulfone groups is 1. The molecular weight excluding hydrogens is 445 g/mol. The van der Waals surface area contributed by atoms with Gasteiger partial charge in [0.2, 0.25) is 15.6 Å². The average Bonchev–Trinajstić information content (AvgIpc) is 2.67. The number of carbonyl (C=O) groups is 1. The first-order valence-electron chi connectivity index (χ1n) is 8.65. The van der Waals surface area contributed by atoms with E-state index in [0.29, 0.717) is 0 Å². The summed E-state index contributed by atoms with van der Waals surface area (Å²) in [5.41, 5.74) is -0.0226. The van der Waals surface area contributed by atoms with Gasteiger partial charge in [0, 0.05) is 11.9 Å². The highest BCUT2D eigenvalue weighted by Crippen LogP contribution is 2.41. The van der Waals surface area contributed by atoms with Gasteiger partial charge in [0.1, 0.15) is 4.91 Å². The smallest absolute Gasteiger partial charge is 0.450 e. The lowest BCUT2D eigenvalue weighted by Crippen LogP contribution is -2.26. The van der Waals surface area contributed by atoms with Crippen molar-refractivity contribution in [3.05, 3.63) is 75.8 Å². The maximum atomic E-state index is 13.9. The van der Waals surface area contributed by atoms with Gasteiger partial charge in [-0.2, -0.15) is 13.2 Å². The number of hydrogen-bond acceptors (Lipinski definition) is 5. The van der Waals surface area contributed by atoms with Crippen LogP contribution >= 0.6 is 11.6 Å².